The van der Waals surface area contributed by atoms with Crippen molar-refractivity contribution in [3.8, 4) is 11.3 Å². The molecule has 1 unspecified atom stereocenters. The van der Waals surface area contributed by atoms with Gasteiger partial charge in [-0.2, -0.15) is 0 Å². The van der Waals surface area contributed by atoms with Gasteiger partial charge in [-0.15, -0.1) is 0 Å². The molecule has 1 atom stereocenters. The van der Waals surface area contributed by atoms with Crippen LogP contribution in [0.15, 0.2) is 78.9 Å². The van der Waals surface area contributed by atoms with E-state index < -0.39 is 6.10 Å². The minimum absolute atomic E-state index is 0.529. The average molecular weight is 341 g/mol. The van der Waals surface area contributed by atoms with E-state index in [9.17, 15) is 5.11 Å². The topological polar surface area (TPSA) is 25.2 Å². The van der Waals surface area contributed by atoms with Gasteiger partial charge >= 0.3 is 0 Å². The van der Waals surface area contributed by atoms with Crippen LogP contribution in [0.1, 0.15) is 22.8 Å². The van der Waals surface area contributed by atoms with E-state index in [2.05, 4.69) is 60.9 Å². The molecule has 130 valence electrons. The molecule has 26 heavy (non-hydrogen) atoms. The van der Waals surface area contributed by atoms with Crippen molar-refractivity contribution in [1.29, 1.82) is 0 Å². The fourth-order valence-corrected chi connectivity index (χ4v) is 3.81. The Hall–Kier alpha value is -2.84. The van der Waals surface area contributed by atoms with E-state index in [0.29, 0.717) is 6.54 Å². The number of hydrogen-bond acceptors (Lipinski definition) is 1. The van der Waals surface area contributed by atoms with Crippen LogP contribution in [-0.4, -0.2) is 9.67 Å². The maximum absolute atomic E-state index is 10.8. The minimum Gasteiger partial charge on any atom is -0.387 e. The molecule has 2 heteroatoms. The van der Waals surface area contributed by atoms with E-state index in [0.717, 1.165) is 11.3 Å². The first-order chi connectivity index (χ1) is 12.6. The Morgan fingerprint density at radius 3 is 2.19 bits per heavy atom. The molecule has 0 aliphatic carbocycles. The molecule has 0 bridgehead atoms. The average Bonchev–Trinajstić information content (AvgIpc) is 3.01. The van der Waals surface area contributed by atoms with Gasteiger partial charge in [-0.1, -0.05) is 72.3 Å². The van der Waals surface area contributed by atoms with E-state index >= 15 is 0 Å². The highest BCUT2D eigenvalue weighted by Crippen LogP contribution is 2.32. The van der Waals surface area contributed by atoms with Crippen LogP contribution in [0.4, 0.5) is 0 Å². The molecule has 4 aromatic rings. The smallest absolute Gasteiger partial charge is 0.0969 e. The van der Waals surface area contributed by atoms with Crippen LogP contribution in [0, 0.1) is 13.8 Å². The molecule has 1 heterocycles. The summed E-state index contributed by atoms with van der Waals surface area (Å²) in [4.78, 5) is 0. The van der Waals surface area contributed by atoms with Crippen LogP contribution in [0.2, 0.25) is 0 Å². The SMILES string of the molecule is Cc1cc(C)c2c(c1)cc(-c1ccccc1)n2CC(O)c1ccccc1. The van der Waals surface area contributed by atoms with Crippen LogP contribution in [0.3, 0.4) is 0 Å². The normalized spacial score (nSPS) is 12.4. The van der Waals surface area contributed by atoms with Gasteiger partial charge in [0.1, 0.15) is 0 Å². The Morgan fingerprint density at radius 1 is 0.846 bits per heavy atom. The van der Waals surface area contributed by atoms with Crippen molar-refractivity contribution in [1.82, 2.24) is 4.57 Å². The fourth-order valence-electron chi connectivity index (χ4n) is 3.81. The number of rotatable bonds is 4. The van der Waals surface area contributed by atoms with Gasteiger partial charge in [0.05, 0.1) is 18.2 Å². The second-order valence-corrected chi connectivity index (χ2v) is 6.95. The van der Waals surface area contributed by atoms with Crippen LogP contribution in [0.5, 0.6) is 0 Å². The summed E-state index contributed by atoms with van der Waals surface area (Å²) in [6.45, 7) is 4.81. The quantitative estimate of drug-likeness (QED) is 0.509. The highest BCUT2D eigenvalue weighted by Gasteiger charge is 2.17. The Kier molecular flexibility index (Phi) is 4.36. The molecular formula is C24H23NO. The largest absolute Gasteiger partial charge is 0.387 e. The summed E-state index contributed by atoms with van der Waals surface area (Å²) >= 11 is 0. The highest BCUT2D eigenvalue weighted by molar-refractivity contribution is 5.90. The minimum atomic E-state index is -0.546. The zero-order chi connectivity index (χ0) is 18.1. The maximum atomic E-state index is 10.8. The van der Waals surface area contributed by atoms with Crippen LogP contribution >= 0.6 is 0 Å². The second kappa shape index (κ2) is 6.81. The molecule has 1 aromatic heterocycles. The molecule has 0 spiro atoms. The van der Waals surface area contributed by atoms with Crippen LogP contribution in [0.25, 0.3) is 22.2 Å². The monoisotopic (exact) mass is 341 g/mol. The van der Waals surface area contributed by atoms with Gasteiger partial charge in [0, 0.05) is 11.1 Å². The predicted octanol–water partition coefficient (Wildman–Crippen LogP) is 5.66. The molecular weight excluding hydrogens is 318 g/mol. The third-order valence-corrected chi connectivity index (χ3v) is 4.94. The number of nitrogens with zero attached hydrogens (tertiary/aromatic N) is 1. The van der Waals surface area contributed by atoms with Gasteiger partial charge in [0.2, 0.25) is 0 Å². The van der Waals surface area contributed by atoms with Gasteiger partial charge in [-0.3, -0.25) is 0 Å². The number of hydrogen-bond donors (Lipinski definition) is 1. The summed E-state index contributed by atoms with van der Waals surface area (Å²) in [5.74, 6) is 0. The molecule has 4 rings (SSSR count). The number of aliphatic hydroxyl groups is 1. The van der Waals surface area contributed by atoms with Crippen LogP contribution < -0.4 is 0 Å². The zero-order valence-corrected chi connectivity index (χ0v) is 15.2. The summed E-state index contributed by atoms with van der Waals surface area (Å²) in [6.07, 6.45) is -0.546. The fraction of sp³-hybridized carbons (Fsp3) is 0.167. The number of benzene rings is 3. The van der Waals surface area contributed by atoms with E-state index in [1.807, 2.05) is 36.4 Å². The standard InChI is InChI=1S/C24H23NO/c1-17-13-18(2)24-21(14-17)15-22(19-9-5-3-6-10-19)25(24)16-23(26)20-11-7-4-8-12-20/h3-15,23,26H,16H2,1-2H3. The van der Waals surface area contributed by atoms with Gasteiger partial charge in [0.25, 0.3) is 0 Å². The van der Waals surface area contributed by atoms with Crippen molar-refractivity contribution in [3.63, 3.8) is 0 Å². The first kappa shape index (κ1) is 16.6. The third-order valence-electron chi connectivity index (χ3n) is 4.94. The zero-order valence-electron chi connectivity index (χ0n) is 15.2. The Morgan fingerprint density at radius 2 is 1.50 bits per heavy atom. The number of aryl methyl sites for hydroxylation is 2. The van der Waals surface area contributed by atoms with E-state index in [-0.39, 0.29) is 0 Å². The molecule has 2 nitrogen and oxygen atoms in total. The van der Waals surface area contributed by atoms with Gasteiger partial charge < -0.3 is 9.67 Å². The van der Waals surface area contributed by atoms with Crippen molar-refractivity contribution in [3.05, 3.63) is 95.6 Å². The lowest BCUT2D eigenvalue weighted by molar-refractivity contribution is 0.158. The molecule has 0 saturated carbocycles. The van der Waals surface area contributed by atoms with Crippen molar-refractivity contribution >= 4 is 10.9 Å². The predicted molar refractivity (Wildman–Crippen MR) is 108 cm³/mol. The van der Waals surface area contributed by atoms with E-state index in [1.54, 1.807) is 0 Å². The third kappa shape index (κ3) is 3.04. The molecule has 0 radical (unpaired) electrons. The first-order valence-corrected chi connectivity index (χ1v) is 9.02. The second-order valence-electron chi connectivity index (χ2n) is 6.95. The van der Waals surface area contributed by atoms with Gasteiger partial charge in [-0.05, 0) is 42.7 Å². The number of aromatic nitrogens is 1. The molecule has 0 aliphatic heterocycles. The van der Waals surface area contributed by atoms with Crippen molar-refractivity contribution in [2.24, 2.45) is 0 Å². The lowest BCUT2D eigenvalue weighted by Crippen LogP contribution is -2.10. The van der Waals surface area contributed by atoms with Crippen molar-refractivity contribution in [2.45, 2.75) is 26.5 Å². The van der Waals surface area contributed by atoms with Gasteiger partial charge in [0.15, 0.2) is 0 Å². The summed E-state index contributed by atoms with van der Waals surface area (Å²) in [7, 11) is 0. The van der Waals surface area contributed by atoms with E-state index in [1.165, 1.54) is 27.6 Å². The number of fused-ring (bicyclic) bond motifs is 1. The Labute approximate surface area is 154 Å². The molecule has 0 aliphatic rings. The summed E-state index contributed by atoms with van der Waals surface area (Å²) in [5.41, 5.74) is 6.95. The number of aliphatic hydroxyl groups excluding tert-OH is 1. The summed E-state index contributed by atoms with van der Waals surface area (Å²) in [6, 6.07) is 27.0. The summed E-state index contributed by atoms with van der Waals surface area (Å²) in [5, 5.41) is 12.1. The first-order valence-electron chi connectivity index (χ1n) is 9.02. The van der Waals surface area contributed by atoms with Crippen LogP contribution in [-0.2, 0) is 6.54 Å². The molecule has 3 aromatic carbocycles. The molecule has 0 amide bonds. The molecule has 1 N–H and O–H groups in total. The molecule has 0 saturated heterocycles. The maximum Gasteiger partial charge on any atom is 0.0969 e. The van der Waals surface area contributed by atoms with Gasteiger partial charge in [-0.25, -0.2) is 0 Å². The summed E-state index contributed by atoms with van der Waals surface area (Å²) < 4.78 is 2.26. The highest BCUT2D eigenvalue weighted by atomic mass is 16.3. The Balaban J connectivity index is 1.88. The van der Waals surface area contributed by atoms with Crippen molar-refractivity contribution in [2.75, 3.05) is 0 Å². The molecule has 0 fully saturated rings. The van der Waals surface area contributed by atoms with Crippen molar-refractivity contribution < 1.29 is 5.11 Å². The lowest BCUT2D eigenvalue weighted by Gasteiger charge is -2.17. The van der Waals surface area contributed by atoms with E-state index in [4.69, 9.17) is 0 Å². The lowest BCUT2D eigenvalue weighted by atomic mass is 10.1. The Bertz CT molecular complexity index is 1030.